The summed E-state index contributed by atoms with van der Waals surface area (Å²) < 4.78 is 31.7. The van der Waals surface area contributed by atoms with Gasteiger partial charge in [0, 0.05) is 61.5 Å². The lowest BCUT2D eigenvalue weighted by Gasteiger charge is -2.38. The Balaban J connectivity index is 1.18. The van der Waals surface area contributed by atoms with Crippen LogP contribution in [-0.2, 0) is 11.3 Å². The van der Waals surface area contributed by atoms with E-state index in [-0.39, 0.29) is 6.61 Å². The zero-order valence-electron chi connectivity index (χ0n) is 22.2. The molecule has 8 nitrogen and oxygen atoms in total. The monoisotopic (exact) mass is 539 g/mol. The van der Waals surface area contributed by atoms with Gasteiger partial charge in [-0.15, -0.1) is 0 Å². The summed E-state index contributed by atoms with van der Waals surface area (Å²) in [5, 5.41) is 0. The fourth-order valence-corrected chi connectivity index (χ4v) is 5.09. The van der Waals surface area contributed by atoms with E-state index in [1.807, 2.05) is 43.3 Å². The van der Waals surface area contributed by atoms with Crippen molar-refractivity contribution in [1.82, 2.24) is 15.0 Å². The Morgan fingerprint density at radius 1 is 0.975 bits per heavy atom. The number of fused-ring (bicyclic) bond motifs is 1. The van der Waals surface area contributed by atoms with E-state index >= 15 is 0 Å². The van der Waals surface area contributed by atoms with Crippen LogP contribution in [0.4, 0.5) is 16.0 Å². The average Bonchev–Trinajstić information content (AvgIpc) is 2.97. The van der Waals surface area contributed by atoms with Gasteiger partial charge in [-0.2, -0.15) is 0 Å². The van der Waals surface area contributed by atoms with Crippen LogP contribution < -0.4 is 20.1 Å². The van der Waals surface area contributed by atoms with Crippen LogP contribution in [0.5, 0.6) is 17.2 Å². The van der Waals surface area contributed by atoms with Gasteiger partial charge in [-0.1, -0.05) is 24.3 Å². The minimum atomic E-state index is -0.445. The van der Waals surface area contributed by atoms with E-state index in [1.165, 1.54) is 18.5 Å². The molecule has 0 unspecified atom stereocenters. The zero-order valence-corrected chi connectivity index (χ0v) is 22.2. The van der Waals surface area contributed by atoms with E-state index in [4.69, 9.17) is 19.9 Å². The number of hydrogen-bond acceptors (Lipinski definition) is 8. The predicted molar refractivity (Wildman–Crippen MR) is 151 cm³/mol. The number of hydrogen-bond donors (Lipinski definition) is 1. The standard InChI is InChI=1S/C31H30FN5O3/c1-20-2-3-21(17-34-20)18-39-26-14-23(32)15-27(16-26)40-25-6-4-22(5-7-25)28-8-11-37(24-9-12-38-13-10-24)31-29(28)30(33)35-19-36-31/h2-8,14-17,19,24H,9-13,18H2,1H3,(H2,33,35,36). The maximum Gasteiger partial charge on any atom is 0.142 e. The van der Waals surface area contributed by atoms with Crippen molar-refractivity contribution in [2.24, 2.45) is 0 Å². The molecule has 1 fully saturated rings. The minimum Gasteiger partial charge on any atom is -0.489 e. The van der Waals surface area contributed by atoms with Crippen LogP contribution in [0, 0.1) is 12.7 Å². The molecule has 0 bridgehead atoms. The highest BCUT2D eigenvalue weighted by Gasteiger charge is 2.30. The zero-order chi connectivity index (χ0) is 27.5. The van der Waals surface area contributed by atoms with Crippen LogP contribution >= 0.6 is 0 Å². The number of nitrogen functional groups attached to an aromatic ring is 1. The summed E-state index contributed by atoms with van der Waals surface area (Å²) in [4.78, 5) is 15.5. The van der Waals surface area contributed by atoms with Gasteiger partial charge in [-0.05, 0) is 49.1 Å². The molecule has 0 amide bonds. The Labute approximate surface area is 232 Å². The topological polar surface area (TPSA) is 95.6 Å². The summed E-state index contributed by atoms with van der Waals surface area (Å²) in [6, 6.07) is 16.2. The molecular formula is C31H30FN5O3. The molecule has 1 saturated heterocycles. The van der Waals surface area contributed by atoms with Gasteiger partial charge in [0.05, 0.1) is 5.56 Å². The summed E-state index contributed by atoms with van der Waals surface area (Å²) in [5.74, 6) is 2.14. The van der Waals surface area contributed by atoms with Gasteiger partial charge in [0.2, 0.25) is 0 Å². The Bertz CT molecular complexity index is 1520. The highest BCUT2D eigenvalue weighted by molar-refractivity contribution is 5.92. The largest absolute Gasteiger partial charge is 0.489 e. The first-order chi connectivity index (χ1) is 19.5. The van der Waals surface area contributed by atoms with Crippen molar-refractivity contribution in [1.29, 1.82) is 0 Å². The fourth-order valence-electron chi connectivity index (χ4n) is 5.09. The van der Waals surface area contributed by atoms with Crippen LogP contribution in [0.25, 0.3) is 5.57 Å². The van der Waals surface area contributed by atoms with Gasteiger partial charge < -0.3 is 24.8 Å². The molecule has 4 aromatic rings. The lowest BCUT2D eigenvalue weighted by Crippen LogP contribution is -2.42. The number of aryl methyl sites for hydroxylation is 1. The van der Waals surface area contributed by atoms with E-state index < -0.39 is 5.82 Å². The molecular weight excluding hydrogens is 509 g/mol. The smallest absolute Gasteiger partial charge is 0.142 e. The summed E-state index contributed by atoms with van der Waals surface area (Å²) >= 11 is 0. The van der Waals surface area contributed by atoms with Crippen molar-refractivity contribution in [3.05, 3.63) is 101 Å². The van der Waals surface area contributed by atoms with Crippen molar-refractivity contribution >= 4 is 17.2 Å². The van der Waals surface area contributed by atoms with E-state index in [2.05, 4.69) is 25.9 Å². The van der Waals surface area contributed by atoms with Gasteiger partial charge in [-0.25, -0.2) is 14.4 Å². The number of nitrogens with zero attached hydrogens (tertiary/aromatic N) is 4. The van der Waals surface area contributed by atoms with E-state index in [0.29, 0.717) is 29.1 Å². The Morgan fingerprint density at radius 3 is 2.55 bits per heavy atom. The second-order valence-corrected chi connectivity index (χ2v) is 9.92. The summed E-state index contributed by atoms with van der Waals surface area (Å²) in [5.41, 5.74) is 11.0. The first kappa shape index (κ1) is 25.8. The normalized spacial score (nSPS) is 15.3. The average molecular weight is 540 g/mol. The molecule has 2 aliphatic rings. The van der Waals surface area contributed by atoms with Crippen LogP contribution in [-0.4, -0.2) is 40.8 Å². The highest BCUT2D eigenvalue weighted by atomic mass is 19.1. The third kappa shape index (κ3) is 5.60. The third-order valence-electron chi connectivity index (χ3n) is 7.15. The van der Waals surface area contributed by atoms with Gasteiger partial charge in [0.15, 0.2) is 0 Å². The van der Waals surface area contributed by atoms with Crippen molar-refractivity contribution in [3.8, 4) is 17.2 Å². The van der Waals surface area contributed by atoms with Crippen molar-refractivity contribution < 1.29 is 18.6 Å². The molecule has 0 saturated carbocycles. The first-order valence-electron chi connectivity index (χ1n) is 13.3. The number of aromatic nitrogens is 3. The molecule has 0 aliphatic carbocycles. The molecule has 0 radical (unpaired) electrons. The molecule has 40 heavy (non-hydrogen) atoms. The Kier molecular flexibility index (Phi) is 7.29. The minimum absolute atomic E-state index is 0.278. The maximum atomic E-state index is 14.3. The molecule has 0 spiro atoms. The Hall–Kier alpha value is -4.50. The first-order valence-corrected chi connectivity index (χ1v) is 13.3. The van der Waals surface area contributed by atoms with Crippen molar-refractivity contribution in [3.63, 3.8) is 0 Å². The van der Waals surface area contributed by atoms with Gasteiger partial charge in [0.1, 0.15) is 47.6 Å². The summed E-state index contributed by atoms with van der Waals surface area (Å²) in [7, 11) is 0. The molecule has 4 heterocycles. The number of rotatable bonds is 7. The molecule has 204 valence electrons. The van der Waals surface area contributed by atoms with E-state index in [0.717, 1.165) is 66.4 Å². The second kappa shape index (κ2) is 11.3. The Morgan fingerprint density at radius 2 is 1.77 bits per heavy atom. The molecule has 2 N–H and O–H groups in total. The molecule has 6 rings (SSSR count). The lowest BCUT2D eigenvalue weighted by molar-refractivity contribution is 0.0847. The summed E-state index contributed by atoms with van der Waals surface area (Å²) in [6.45, 7) is 4.42. The number of halogens is 1. The predicted octanol–water partition coefficient (Wildman–Crippen LogP) is 5.70. The third-order valence-corrected chi connectivity index (χ3v) is 7.15. The number of pyridine rings is 1. The number of anilines is 2. The van der Waals surface area contributed by atoms with E-state index in [9.17, 15) is 4.39 Å². The molecule has 2 aliphatic heterocycles. The van der Waals surface area contributed by atoms with E-state index in [1.54, 1.807) is 12.3 Å². The summed E-state index contributed by atoms with van der Waals surface area (Å²) in [6.07, 6.45) is 7.35. The van der Waals surface area contributed by atoms with Crippen LogP contribution in [0.15, 0.2) is 73.2 Å². The van der Waals surface area contributed by atoms with Crippen molar-refractivity contribution in [2.75, 3.05) is 30.4 Å². The molecule has 2 aromatic carbocycles. The number of ether oxygens (including phenoxy) is 3. The van der Waals surface area contributed by atoms with Crippen LogP contribution in [0.1, 0.15) is 35.2 Å². The van der Waals surface area contributed by atoms with Gasteiger partial charge in [-0.3, -0.25) is 4.98 Å². The molecule has 2 aromatic heterocycles. The highest BCUT2D eigenvalue weighted by Crippen LogP contribution is 2.39. The van der Waals surface area contributed by atoms with Crippen LogP contribution in [0.3, 0.4) is 0 Å². The van der Waals surface area contributed by atoms with Gasteiger partial charge in [0.25, 0.3) is 0 Å². The fraction of sp³-hybridized carbons (Fsp3) is 0.258. The van der Waals surface area contributed by atoms with Gasteiger partial charge >= 0.3 is 0 Å². The van der Waals surface area contributed by atoms with Crippen LogP contribution in [0.2, 0.25) is 0 Å². The molecule has 9 heteroatoms. The maximum absolute atomic E-state index is 14.3. The lowest BCUT2D eigenvalue weighted by atomic mass is 9.93. The molecule has 0 atom stereocenters. The van der Waals surface area contributed by atoms with Crippen molar-refractivity contribution in [2.45, 2.75) is 32.4 Å². The number of nitrogens with two attached hydrogens (primary N) is 1. The number of benzene rings is 2. The second-order valence-electron chi connectivity index (χ2n) is 9.92. The SMILES string of the molecule is Cc1ccc(COc2cc(F)cc(Oc3ccc(C4=CCN(C5CCOCC5)c5ncnc(N)c54)cc3)c2)cn1. The quantitative estimate of drug-likeness (QED) is 0.319.